The largest absolute Gasteiger partial charge is 0.495 e. The predicted molar refractivity (Wildman–Crippen MR) is 87.6 cm³/mol. The zero-order valence-electron chi connectivity index (χ0n) is 13.2. The molecule has 1 aromatic rings. The Labute approximate surface area is 133 Å². The Hall–Kier alpha value is -0.820. The predicted octanol–water partition coefficient (Wildman–Crippen LogP) is 2.03. The van der Waals surface area contributed by atoms with Crippen LogP contribution in [0.4, 0.5) is 0 Å². The van der Waals surface area contributed by atoms with E-state index in [1.165, 1.54) is 11.4 Å². The molecule has 0 aliphatic heterocycles. The molecule has 0 saturated carbocycles. The summed E-state index contributed by atoms with van der Waals surface area (Å²) in [5.41, 5.74) is 6.26. The van der Waals surface area contributed by atoms with Crippen molar-refractivity contribution in [2.24, 2.45) is 11.1 Å². The minimum absolute atomic E-state index is 0. The fraction of sp³-hybridized carbons (Fsp3) is 0.571. The van der Waals surface area contributed by atoms with Crippen molar-refractivity contribution in [3.05, 3.63) is 23.8 Å². The highest BCUT2D eigenvalue weighted by Gasteiger charge is 2.29. The summed E-state index contributed by atoms with van der Waals surface area (Å²) in [6.45, 7) is 6.49. The standard InChI is InChI=1S/C14H24N2O3S.ClH/c1-11-6-7-12(19-5)13(8-11)20(17,18)16(4)10-14(2,3)9-15;/h6-8H,9-10,15H2,1-5H3;1H. The molecule has 0 aliphatic rings. The van der Waals surface area contributed by atoms with Crippen molar-refractivity contribution in [1.82, 2.24) is 4.31 Å². The summed E-state index contributed by atoms with van der Waals surface area (Å²) in [5.74, 6) is 0.355. The lowest BCUT2D eigenvalue weighted by Crippen LogP contribution is -2.39. The van der Waals surface area contributed by atoms with E-state index in [1.54, 1.807) is 19.2 Å². The van der Waals surface area contributed by atoms with E-state index in [1.807, 2.05) is 26.8 Å². The smallest absolute Gasteiger partial charge is 0.246 e. The van der Waals surface area contributed by atoms with Crippen LogP contribution in [0.25, 0.3) is 0 Å². The third-order valence-electron chi connectivity index (χ3n) is 3.21. The minimum Gasteiger partial charge on any atom is -0.495 e. The van der Waals surface area contributed by atoms with Crippen molar-refractivity contribution < 1.29 is 13.2 Å². The lowest BCUT2D eigenvalue weighted by atomic mass is 9.94. The van der Waals surface area contributed by atoms with Gasteiger partial charge in [0.15, 0.2) is 0 Å². The van der Waals surface area contributed by atoms with Gasteiger partial charge in [-0.05, 0) is 36.6 Å². The zero-order valence-corrected chi connectivity index (χ0v) is 14.8. The number of hydrogen-bond donors (Lipinski definition) is 1. The van der Waals surface area contributed by atoms with Crippen LogP contribution in [0.15, 0.2) is 23.1 Å². The van der Waals surface area contributed by atoms with Gasteiger partial charge in [0.2, 0.25) is 10.0 Å². The maximum Gasteiger partial charge on any atom is 0.246 e. The van der Waals surface area contributed by atoms with Crippen molar-refractivity contribution in [3.8, 4) is 5.75 Å². The van der Waals surface area contributed by atoms with Gasteiger partial charge in [-0.15, -0.1) is 12.4 Å². The molecular weight excluding hydrogens is 312 g/mol. The first-order chi connectivity index (χ1) is 9.14. The van der Waals surface area contributed by atoms with E-state index in [9.17, 15) is 8.42 Å². The molecule has 7 heteroatoms. The average Bonchev–Trinajstić information content (AvgIpc) is 2.38. The summed E-state index contributed by atoms with van der Waals surface area (Å²) < 4.78 is 31.8. The van der Waals surface area contributed by atoms with Crippen LogP contribution >= 0.6 is 12.4 Å². The van der Waals surface area contributed by atoms with Crippen LogP contribution in [-0.4, -0.2) is 40.0 Å². The van der Waals surface area contributed by atoms with Crippen LogP contribution in [-0.2, 0) is 10.0 Å². The number of sulfonamides is 1. The molecule has 122 valence electrons. The summed E-state index contributed by atoms with van der Waals surface area (Å²) >= 11 is 0. The van der Waals surface area contributed by atoms with E-state index in [4.69, 9.17) is 10.5 Å². The number of methoxy groups -OCH3 is 1. The van der Waals surface area contributed by atoms with Crippen LogP contribution in [0, 0.1) is 12.3 Å². The highest BCUT2D eigenvalue weighted by molar-refractivity contribution is 7.89. The summed E-state index contributed by atoms with van der Waals surface area (Å²) in [6.07, 6.45) is 0. The fourth-order valence-corrected chi connectivity index (χ4v) is 3.50. The van der Waals surface area contributed by atoms with E-state index < -0.39 is 10.0 Å². The summed E-state index contributed by atoms with van der Waals surface area (Å²) in [4.78, 5) is 0.190. The minimum atomic E-state index is -3.59. The SMILES string of the molecule is COc1ccc(C)cc1S(=O)(=O)N(C)CC(C)(C)CN.Cl. The summed E-state index contributed by atoms with van der Waals surface area (Å²) in [7, 11) is -0.565. The molecule has 0 fully saturated rings. The molecule has 0 bridgehead atoms. The third kappa shape index (κ3) is 4.85. The van der Waals surface area contributed by atoms with Gasteiger partial charge in [-0.2, -0.15) is 0 Å². The van der Waals surface area contributed by atoms with Gasteiger partial charge in [-0.3, -0.25) is 0 Å². The van der Waals surface area contributed by atoms with Gasteiger partial charge in [0, 0.05) is 13.6 Å². The monoisotopic (exact) mass is 336 g/mol. The molecule has 1 rings (SSSR count). The Balaban J connectivity index is 0.00000400. The zero-order chi connectivity index (χ0) is 15.6. The van der Waals surface area contributed by atoms with E-state index >= 15 is 0 Å². The van der Waals surface area contributed by atoms with Crippen LogP contribution in [0.3, 0.4) is 0 Å². The lowest BCUT2D eigenvalue weighted by Gasteiger charge is -2.28. The maximum atomic E-state index is 12.7. The first-order valence-corrected chi connectivity index (χ1v) is 7.89. The molecular formula is C14H25ClN2O3S. The summed E-state index contributed by atoms with van der Waals surface area (Å²) in [5, 5.41) is 0. The number of rotatable bonds is 6. The van der Waals surface area contributed by atoms with Gasteiger partial charge in [0.25, 0.3) is 0 Å². The molecule has 0 atom stereocenters. The molecule has 2 N–H and O–H groups in total. The molecule has 0 aromatic heterocycles. The quantitative estimate of drug-likeness (QED) is 0.862. The van der Waals surface area contributed by atoms with Crippen molar-refractivity contribution in [1.29, 1.82) is 0 Å². The van der Waals surface area contributed by atoms with Gasteiger partial charge in [0.05, 0.1) is 7.11 Å². The number of nitrogens with two attached hydrogens (primary N) is 1. The Kier molecular flexibility index (Phi) is 7.15. The Morgan fingerprint density at radius 3 is 2.38 bits per heavy atom. The van der Waals surface area contributed by atoms with Crippen LogP contribution in [0.1, 0.15) is 19.4 Å². The van der Waals surface area contributed by atoms with Crippen molar-refractivity contribution in [2.45, 2.75) is 25.7 Å². The maximum absolute atomic E-state index is 12.7. The molecule has 0 saturated heterocycles. The number of aryl methyl sites for hydroxylation is 1. The van der Waals surface area contributed by atoms with Gasteiger partial charge >= 0.3 is 0 Å². The number of halogens is 1. The third-order valence-corrected chi connectivity index (χ3v) is 5.04. The number of hydrogen-bond acceptors (Lipinski definition) is 4. The van der Waals surface area contributed by atoms with Crippen molar-refractivity contribution >= 4 is 22.4 Å². The molecule has 0 amide bonds. The molecule has 1 aromatic carbocycles. The van der Waals surface area contributed by atoms with Crippen LogP contribution in [0.2, 0.25) is 0 Å². The van der Waals surface area contributed by atoms with Crippen LogP contribution in [0.5, 0.6) is 5.75 Å². The van der Waals surface area contributed by atoms with E-state index in [0.717, 1.165) is 5.56 Å². The molecule has 21 heavy (non-hydrogen) atoms. The number of benzene rings is 1. The number of ether oxygens (including phenoxy) is 1. The Morgan fingerprint density at radius 1 is 1.33 bits per heavy atom. The molecule has 0 heterocycles. The topological polar surface area (TPSA) is 72.6 Å². The second-order valence-corrected chi connectivity index (χ2v) is 7.80. The fourth-order valence-electron chi connectivity index (χ4n) is 1.91. The van der Waals surface area contributed by atoms with Crippen molar-refractivity contribution in [2.75, 3.05) is 27.2 Å². The number of nitrogens with zero attached hydrogens (tertiary/aromatic N) is 1. The van der Waals surface area contributed by atoms with Gasteiger partial charge in [-0.1, -0.05) is 19.9 Å². The van der Waals surface area contributed by atoms with Crippen molar-refractivity contribution in [3.63, 3.8) is 0 Å². The molecule has 5 nitrogen and oxygen atoms in total. The highest BCUT2D eigenvalue weighted by Crippen LogP contribution is 2.28. The summed E-state index contributed by atoms with van der Waals surface area (Å²) in [6, 6.07) is 5.12. The van der Waals surface area contributed by atoms with Crippen LogP contribution < -0.4 is 10.5 Å². The first kappa shape index (κ1) is 20.2. The molecule has 0 unspecified atom stereocenters. The normalized spacial score (nSPS) is 12.1. The second kappa shape index (κ2) is 7.45. The van der Waals surface area contributed by atoms with E-state index in [2.05, 4.69) is 0 Å². The Morgan fingerprint density at radius 2 is 1.90 bits per heavy atom. The molecule has 0 spiro atoms. The van der Waals surface area contributed by atoms with Gasteiger partial charge < -0.3 is 10.5 Å². The molecule has 0 radical (unpaired) electrons. The Bertz CT molecular complexity index is 574. The second-order valence-electron chi connectivity index (χ2n) is 5.78. The molecule has 0 aliphatic carbocycles. The van der Waals surface area contributed by atoms with Gasteiger partial charge in [-0.25, -0.2) is 12.7 Å². The highest BCUT2D eigenvalue weighted by atomic mass is 35.5. The lowest BCUT2D eigenvalue weighted by molar-refractivity contribution is 0.291. The first-order valence-electron chi connectivity index (χ1n) is 6.45. The van der Waals surface area contributed by atoms with E-state index in [-0.39, 0.29) is 22.7 Å². The van der Waals surface area contributed by atoms with Gasteiger partial charge in [0.1, 0.15) is 10.6 Å². The average molecular weight is 337 g/mol. The van der Waals surface area contributed by atoms with E-state index in [0.29, 0.717) is 18.8 Å².